The van der Waals surface area contributed by atoms with Crippen LogP contribution in [0.2, 0.25) is 10.0 Å². The molecular formula is C19H14Cl2N2O3S. The summed E-state index contributed by atoms with van der Waals surface area (Å²) >= 11 is 12.1. The van der Waals surface area contributed by atoms with Crippen molar-refractivity contribution in [3.8, 4) is 0 Å². The Balaban J connectivity index is 1.57. The lowest BCUT2D eigenvalue weighted by molar-refractivity contribution is -0.116. The van der Waals surface area contributed by atoms with Crippen molar-refractivity contribution in [2.24, 2.45) is 0 Å². The molecule has 0 aromatic heterocycles. The highest BCUT2D eigenvalue weighted by atomic mass is 35.5. The average Bonchev–Trinajstić information content (AvgIpc) is 2.86. The number of rotatable bonds is 4. The van der Waals surface area contributed by atoms with Gasteiger partial charge in [0, 0.05) is 18.4 Å². The molecule has 1 amide bonds. The predicted octanol–water partition coefficient (Wildman–Crippen LogP) is 4.68. The maximum atomic E-state index is 12.9. The van der Waals surface area contributed by atoms with E-state index in [1.54, 1.807) is 42.5 Å². The summed E-state index contributed by atoms with van der Waals surface area (Å²) in [4.78, 5) is 12.6. The minimum Gasteiger partial charge on any atom is -0.323 e. The molecule has 8 heteroatoms. The molecule has 0 unspecified atom stereocenters. The Morgan fingerprint density at radius 1 is 0.963 bits per heavy atom. The van der Waals surface area contributed by atoms with Gasteiger partial charge in [-0.25, -0.2) is 8.42 Å². The van der Waals surface area contributed by atoms with Crippen molar-refractivity contribution in [1.29, 1.82) is 0 Å². The van der Waals surface area contributed by atoms with E-state index in [-0.39, 0.29) is 23.8 Å². The van der Waals surface area contributed by atoms with Gasteiger partial charge in [-0.05, 0) is 29.7 Å². The summed E-state index contributed by atoms with van der Waals surface area (Å²) in [5.41, 5.74) is 0.909. The van der Waals surface area contributed by atoms with Crippen molar-refractivity contribution in [2.45, 2.75) is 11.3 Å². The molecular weight excluding hydrogens is 407 g/mol. The summed E-state index contributed by atoms with van der Waals surface area (Å²) in [6.07, 6.45) is -0.0365. The van der Waals surface area contributed by atoms with E-state index in [0.29, 0.717) is 26.8 Å². The molecule has 1 N–H and O–H groups in total. The molecule has 0 bridgehead atoms. The third-order valence-electron chi connectivity index (χ3n) is 4.45. The lowest BCUT2D eigenvalue weighted by atomic mass is 10.1. The third kappa shape index (κ3) is 3.04. The zero-order valence-electron chi connectivity index (χ0n) is 13.9. The number of nitrogens with zero attached hydrogens (tertiary/aromatic N) is 1. The highest BCUT2D eigenvalue weighted by Crippen LogP contribution is 2.42. The normalized spacial score (nSPS) is 14.5. The number of anilines is 2. The van der Waals surface area contributed by atoms with E-state index in [2.05, 4.69) is 5.32 Å². The maximum absolute atomic E-state index is 12.9. The van der Waals surface area contributed by atoms with Gasteiger partial charge < -0.3 is 5.32 Å². The molecule has 0 saturated heterocycles. The van der Waals surface area contributed by atoms with Crippen LogP contribution in [0.1, 0.15) is 6.42 Å². The lowest BCUT2D eigenvalue weighted by Gasteiger charge is -2.18. The summed E-state index contributed by atoms with van der Waals surface area (Å²) in [5, 5.41) is 4.83. The van der Waals surface area contributed by atoms with Crippen LogP contribution in [0.4, 0.5) is 11.4 Å². The van der Waals surface area contributed by atoms with Gasteiger partial charge in [0.05, 0.1) is 26.3 Å². The molecule has 0 saturated carbocycles. The molecule has 0 spiro atoms. The maximum Gasteiger partial charge on any atom is 0.265 e. The number of hydrogen-bond acceptors (Lipinski definition) is 3. The Bertz CT molecular complexity index is 1150. The van der Waals surface area contributed by atoms with E-state index in [9.17, 15) is 13.2 Å². The van der Waals surface area contributed by atoms with Gasteiger partial charge in [-0.3, -0.25) is 9.10 Å². The van der Waals surface area contributed by atoms with E-state index in [1.165, 1.54) is 4.31 Å². The van der Waals surface area contributed by atoms with E-state index < -0.39 is 10.0 Å². The van der Waals surface area contributed by atoms with Gasteiger partial charge in [-0.15, -0.1) is 0 Å². The molecule has 3 aromatic carbocycles. The van der Waals surface area contributed by atoms with Crippen LogP contribution >= 0.6 is 23.2 Å². The van der Waals surface area contributed by atoms with Crippen LogP contribution in [0.5, 0.6) is 0 Å². The second-order valence-electron chi connectivity index (χ2n) is 6.10. The zero-order chi connectivity index (χ0) is 19.2. The first-order valence-corrected chi connectivity index (χ1v) is 10.4. The highest BCUT2D eigenvalue weighted by molar-refractivity contribution is 7.93. The molecule has 0 atom stereocenters. The first-order chi connectivity index (χ1) is 12.9. The number of amides is 1. The summed E-state index contributed by atoms with van der Waals surface area (Å²) in [6.45, 7) is 0.0179. The summed E-state index contributed by atoms with van der Waals surface area (Å²) < 4.78 is 27.1. The number of nitrogens with one attached hydrogen (secondary N) is 1. The van der Waals surface area contributed by atoms with Gasteiger partial charge in [-0.2, -0.15) is 0 Å². The average molecular weight is 421 g/mol. The summed E-state index contributed by atoms with van der Waals surface area (Å²) in [7, 11) is -3.68. The fourth-order valence-corrected chi connectivity index (χ4v) is 5.42. The molecule has 138 valence electrons. The Morgan fingerprint density at radius 3 is 2.30 bits per heavy atom. The van der Waals surface area contributed by atoms with Crippen molar-refractivity contribution in [3.63, 3.8) is 0 Å². The number of carbonyl (C=O) groups is 1. The first kappa shape index (κ1) is 18.1. The van der Waals surface area contributed by atoms with Crippen LogP contribution in [-0.2, 0) is 14.8 Å². The predicted molar refractivity (Wildman–Crippen MR) is 108 cm³/mol. The van der Waals surface area contributed by atoms with Crippen molar-refractivity contribution in [3.05, 3.63) is 64.6 Å². The Labute approximate surface area is 166 Å². The SMILES string of the molecule is O=C(CCN1c2cccc3cccc(c23)S1(=O)=O)Nc1c(Cl)cccc1Cl. The van der Waals surface area contributed by atoms with Crippen LogP contribution in [-0.4, -0.2) is 20.9 Å². The highest BCUT2D eigenvalue weighted by Gasteiger charge is 2.35. The van der Waals surface area contributed by atoms with Gasteiger partial charge in [0.25, 0.3) is 10.0 Å². The van der Waals surface area contributed by atoms with E-state index >= 15 is 0 Å². The molecule has 0 radical (unpaired) electrons. The summed E-state index contributed by atoms with van der Waals surface area (Å²) in [5.74, 6) is -0.372. The molecule has 5 nitrogen and oxygen atoms in total. The third-order valence-corrected chi connectivity index (χ3v) is 6.94. The number of benzene rings is 3. The van der Waals surface area contributed by atoms with Crippen molar-refractivity contribution >= 4 is 61.3 Å². The monoisotopic (exact) mass is 420 g/mol. The Kier molecular flexibility index (Phi) is 4.50. The first-order valence-electron chi connectivity index (χ1n) is 8.18. The number of carbonyl (C=O) groups excluding carboxylic acids is 1. The molecule has 1 aliphatic heterocycles. The topological polar surface area (TPSA) is 66.5 Å². The molecule has 27 heavy (non-hydrogen) atoms. The molecule has 4 rings (SSSR count). The molecule has 3 aromatic rings. The standard InChI is InChI=1S/C19H14Cl2N2O3S/c20-13-6-3-7-14(21)19(13)22-17(24)10-11-23-15-8-1-4-12-5-2-9-16(18(12)15)27(23,25)26/h1-9H,10-11H2,(H,22,24). The van der Waals surface area contributed by atoms with Crippen LogP contribution in [0, 0.1) is 0 Å². The Hall–Kier alpha value is -2.28. The van der Waals surface area contributed by atoms with Crippen LogP contribution < -0.4 is 9.62 Å². The van der Waals surface area contributed by atoms with Gasteiger partial charge in [0.15, 0.2) is 0 Å². The minimum atomic E-state index is -3.68. The fraction of sp³-hybridized carbons (Fsp3) is 0.105. The van der Waals surface area contributed by atoms with Crippen LogP contribution in [0.15, 0.2) is 59.5 Å². The largest absolute Gasteiger partial charge is 0.323 e. The molecule has 1 aliphatic rings. The van der Waals surface area contributed by atoms with Gasteiger partial charge >= 0.3 is 0 Å². The van der Waals surface area contributed by atoms with E-state index in [4.69, 9.17) is 23.2 Å². The Morgan fingerprint density at radius 2 is 1.59 bits per heavy atom. The van der Waals surface area contributed by atoms with Gasteiger partial charge in [-0.1, -0.05) is 53.5 Å². The number of halogens is 2. The quantitative estimate of drug-likeness (QED) is 0.665. The van der Waals surface area contributed by atoms with Crippen molar-refractivity contribution < 1.29 is 13.2 Å². The van der Waals surface area contributed by atoms with Crippen molar-refractivity contribution in [2.75, 3.05) is 16.2 Å². The second-order valence-corrected chi connectivity index (χ2v) is 8.75. The second kappa shape index (κ2) is 6.71. The zero-order valence-corrected chi connectivity index (χ0v) is 16.3. The number of sulfonamides is 1. The smallest absolute Gasteiger partial charge is 0.265 e. The van der Waals surface area contributed by atoms with Gasteiger partial charge in [0.1, 0.15) is 0 Å². The van der Waals surface area contributed by atoms with Crippen LogP contribution in [0.3, 0.4) is 0 Å². The summed E-state index contributed by atoms with van der Waals surface area (Å²) in [6, 6.07) is 15.5. The fourth-order valence-electron chi connectivity index (χ4n) is 3.22. The van der Waals surface area contributed by atoms with E-state index in [1.807, 2.05) is 12.1 Å². The van der Waals surface area contributed by atoms with E-state index in [0.717, 1.165) is 5.39 Å². The lowest BCUT2D eigenvalue weighted by Crippen LogP contribution is -2.30. The molecule has 1 heterocycles. The number of para-hydroxylation sites is 1. The minimum absolute atomic E-state index is 0.0179. The molecule has 0 fully saturated rings. The van der Waals surface area contributed by atoms with Crippen LogP contribution in [0.25, 0.3) is 10.8 Å². The van der Waals surface area contributed by atoms with Gasteiger partial charge in [0.2, 0.25) is 5.91 Å². The number of hydrogen-bond donors (Lipinski definition) is 1. The molecule has 0 aliphatic carbocycles. The van der Waals surface area contributed by atoms with Crippen molar-refractivity contribution in [1.82, 2.24) is 0 Å².